The minimum absolute atomic E-state index is 0.0805. The van der Waals surface area contributed by atoms with E-state index < -0.39 is 4.92 Å². The van der Waals surface area contributed by atoms with Crippen molar-refractivity contribution in [3.8, 4) is 11.6 Å². The fraction of sp³-hybridized carbons (Fsp3) is 0.0909. The number of aromatic nitrogens is 2. The predicted octanol–water partition coefficient (Wildman–Crippen LogP) is 2.95. The van der Waals surface area contributed by atoms with Gasteiger partial charge in [-0.2, -0.15) is 4.98 Å². The molecule has 0 saturated carbocycles. The maximum absolute atomic E-state index is 11.0. The number of nitro groups is 1. The topological polar surface area (TPSA) is 116 Å². The molecule has 8 nitrogen and oxygen atoms in total. The largest absolute Gasteiger partial charge is 0.432 e. The lowest BCUT2D eigenvalue weighted by Crippen LogP contribution is -2.09. The maximum Gasteiger partial charge on any atom is 0.312 e. The zero-order valence-corrected chi connectivity index (χ0v) is 13.1. The van der Waals surface area contributed by atoms with Gasteiger partial charge in [-0.15, -0.1) is 0 Å². The minimum atomic E-state index is -0.529. The number of nitrogens with zero attached hydrogens (tertiary/aromatic N) is 3. The first-order valence-corrected chi connectivity index (χ1v) is 7.56. The molecule has 0 unspecified atom stereocenters. The van der Waals surface area contributed by atoms with Crippen molar-refractivity contribution in [2.45, 2.75) is 5.16 Å². The van der Waals surface area contributed by atoms with Crippen LogP contribution in [0.5, 0.6) is 11.6 Å². The van der Waals surface area contributed by atoms with Crippen LogP contribution >= 0.6 is 27.7 Å². The number of hydrogen-bond donors (Lipinski definition) is 2. The Morgan fingerprint density at radius 3 is 2.81 bits per heavy atom. The summed E-state index contributed by atoms with van der Waals surface area (Å²) in [5, 5.41) is 11.5. The van der Waals surface area contributed by atoms with Crippen LogP contribution in [-0.4, -0.2) is 21.1 Å². The molecule has 110 valence electrons. The first kappa shape index (κ1) is 15.5. The average molecular weight is 372 g/mol. The number of ether oxygens (including phenoxy) is 1. The van der Waals surface area contributed by atoms with Crippen LogP contribution in [0.1, 0.15) is 0 Å². The number of nitro benzene ring substituents is 1. The highest BCUT2D eigenvalue weighted by atomic mass is 79.9. The fourth-order valence-electron chi connectivity index (χ4n) is 1.45. The Labute approximate surface area is 132 Å². The third-order valence-corrected chi connectivity index (χ3v) is 3.39. The van der Waals surface area contributed by atoms with E-state index >= 15 is 0 Å². The van der Waals surface area contributed by atoms with E-state index in [0.717, 1.165) is 0 Å². The molecule has 0 aliphatic carbocycles. The minimum Gasteiger partial charge on any atom is -0.432 e. The van der Waals surface area contributed by atoms with Gasteiger partial charge in [-0.3, -0.25) is 10.1 Å². The monoisotopic (exact) mass is 371 g/mol. The molecule has 0 atom stereocenters. The van der Waals surface area contributed by atoms with Crippen LogP contribution in [0.3, 0.4) is 0 Å². The summed E-state index contributed by atoms with van der Waals surface area (Å²) < 4.78 is 6.07. The summed E-state index contributed by atoms with van der Waals surface area (Å²) in [6, 6.07) is 5.93. The summed E-state index contributed by atoms with van der Waals surface area (Å²) in [7, 11) is 0. The van der Waals surface area contributed by atoms with Gasteiger partial charge in [-0.1, -0.05) is 27.7 Å². The van der Waals surface area contributed by atoms with Crippen LogP contribution < -0.4 is 16.0 Å². The molecule has 0 aliphatic heterocycles. The molecule has 0 amide bonds. The first-order valence-electron chi connectivity index (χ1n) is 5.55. The van der Waals surface area contributed by atoms with Crippen molar-refractivity contribution in [2.24, 2.45) is 5.84 Å². The highest BCUT2D eigenvalue weighted by Crippen LogP contribution is 2.33. The van der Waals surface area contributed by atoms with Gasteiger partial charge in [0.15, 0.2) is 5.16 Å². The van der Waals surface area contributed by atoms with Gasteiger partial charge < -0.3 is 10.2 Å². The number of nitrogens with one attached hydrogen (secondary N) is 1. The molecule has 0 fully saturated rings. The Balaban J connectivity index is 2.40. The van der Waals surface area contributed by atoms with Gasteiger partial charge in [0, 0.05) is 16.6 Å². The highest BCUT2D eigenvalue weighted by molar-refractivity contribution is 9.10. The lowest BCUT2D eigenvalue weighted by atomic mass is 10.3. The van der Waals surface area contributed by atoms with E-state index in [0.29, 0.717) is 15.4 Å². The van der Waals surface area contributed by atoms with Gasteiger partial charge in [-0.25, -0.2) is 10.8 Å². The number of nitrogen functional groups attached to an aromatic ring is 1. The summed E-state index contributed by atoms with van der Waals surface area (Å²) in [6.07, 6.45) is 1.79. The Kier molecular flexibility index (Phi) is 4.94. The first-order chi connectivity index (χ1) is 10.0. The standard InChI is InChI=1S/C11H10BrN5O3S/c1-21-11-14-9(16-13)5-10(15-11)20-8-3-2-6(12)4-7(8)17(18)19/h2-5H,13H2,1H3,(H,14,15,16). The van der Waals surface area contributed by atoms with Crippen LogP contribution in [-0.2, 0) is 0 Å². The Hall–Kier alpha value is -1.91. The van der Waals surface area contributed by atoms with Crippen molar-refractivity contribution in [1.82, 2.24) is 9.97 Å². The molecule has 1 aromatic carbocycles. The second-order valence-electron chi connectivity index (χ2n) is 3.69. The van der Waals surface area contributed by atoms with E-state index in [-0.39, 0.29) is 17.3 Å². The second-order valence-corrected chi connectivity index (χ2v) is 5.38. The normalized spacial score (nSPS) is 10.2. The number of hydrazine groups is 1. The molecule has 0 aliphatic rings. The zero-order valence-electron chi connectivity index (χ0n) is 10.7. The van der Waals surface area contributed by atoms with E-state index in [1.807, 2.05) is 0 Å². The summed E-state index contributed by atoms with van der Waals surface area (Å²) >= 11 is 4.48. The van der Waals surface area contributed by atoms with Crippen molar-refractivity contribution < 1.29 is 9.66 Å². The third kappa shape index (κ3) is 3.80. The molecule has 2 aromatic rings. The molecule has 0 radical (unpaired) electrons. The van der Waals surface area contributed by atoms with Gasteiger partial charge >= 0.3 is 5.69 Å². The van der Waals surface area contributed by atoms with Crippen LogP contribution in [0.4, 0.5) is 11.5 Å². The molecule has 1 heterocycles. The Morgan fingerprint density at radius 1 is 1.43 bits per heavy atom. The SMILES string of the molecule is CSc1nc(NN)cc(Oc2ccc(Br)cc2[N+](=O)[O-])n1. The highest BCUT2D eigenvalue weighted by Gasteiger charge is 2.17. The van der Waals surface area contributed by atoms with Gasteiger partial charge in [0.05, 0.1) is 4.92 Å². The van der Waals surface area contributed by atoms with Crippen molar-refractivity contribution in [2.75, 3.05) is 11.7 Å². The zero-order chi connectivity index (χ0) is 15.4. The summed E-state index contributed by atoms with van der Waals surface area (Å²) in [6.45, 7) is 0. The molecule has 10 heteroatoms. The fourth-order valence-corrected chi connectivity index (χ4v) is 2.17. The van der Waals surface area contributed by atoms with Crippen molar-refractivity contribution in [3.63, 3.8) is 0 Å². The summed E-state index contributed by atoms with van der Waals surface area (Å²) in [5.74, 6) is 5.91. The van der Waals surface area contributed by atoms with Crippen molar-refractivity contribution >= 4 is 39.2 Å². The maximum atomic E-state index is 11.0. The van der Waals surface area contributed by atoms with Crippen LogP contribution in [0.15, 0.2) is 33.9 Å². The predicted molar refractivity (Wildman–Crippen MR) is 82.5 cm³/mol. The van der Waals surface area contributed by atoms with Gasteiger partial charge in [0.25, 0.3) is 0 Å². The Bertz CT molecular complexity index is 663. The van der Waals surface area contributed by atoms with E-state index in [9.17, 15) is 10.1 Å². The number of benzene rings is 1. The quantitative estimate of drug-likeness (QED) is 0.271. The molecule has 3 N–H and O–H groups in total. The number of thioether (sulfide) groups is 1. The van der Waals surface area contributed by atoms with Crippen molar-refractivity contribution in [1.29, 1.82) is 0 Å². The average Bonchev–Trinajstić information content (AvgIpc) is 2.48. The molecule has 0 bridgehead atoms. The van der Waals surface area contributed by atoms with Crippen LogP contribution in [0.2, 0.25) is 0 Å². The van der Waals surface area contributed by atoms with Crippen LogP contribution in [0.25, 0.3) is 0 Å². The van der Waals surface area contributed by atoms with Gasteiger partial charge in [0.2, 0.25) is 11.6 Å². The molecular weight excluding hydrogens is 362 g/mol. The molecule has 1 aromatic heterocycles. The smallest absolute Gasteiger partial charge is 0.312 e. The van der Waals surface area contributed by atoms with E-state index in [2.05, 4.69) is 31.3 Å². The van der Waals surface area contributed by atoms with E-state index in [4.69, 9.17) is 10.6 Å². The number of anilines is 1. The molecule has 2 rings (SSSR count). The number of hydrogen-bond acceptors (Lipinski definition) is 8. The number of halogens is 1. The molecule has 21 heavy (non-hydrogen) atoms. The van der Waals surface area contributed by atoms with E-state index in [1.165, 1.54) is 30.0 Å². The summed E-state index contributed by atoms with van der Waals surface area (Å²) in [4.78, 5) is 18.7. The lowest BCUT2D eigenvalue weighted by molar-refractivity contribution is -0.385. The third-order valence-electron chi connectivity index (χ3n) is 2.34. The Morgan fingerprint density at radius 2 is 2.19 bits per heavy atom. The van der Waals surface area contributed by atoms with Crippen LogP contribution in [0, 0.1) is 10.1 Å². The summed E-state index contributed by atoms with van der Waals surface area (Å²) in [5.41, 5.74) is 2.22. The van der Waals surface area contributed by atoms with Gasteiger partial charge in [-0.05, 0) is 18.4 Å². The van der Waals surface area contributed by atoms with Gasteiger partial charge in [0.1, 0.15) is 5.82 Å². The van der Waals surface area contributed by atoms with E-state index in [1.54, 1.807) is 12.3 Å². The second kappa shape index (κ2) is 6.70. The van der Waals surface area contributed by atoms with Crippen molar-refractivity contribution in [3.05, 3.63) is 38.9 Å². The molecular formula is C11H10BrN5O3S. The molecule has 0 spiro atoms. The molecule has 0 saturated heterocycles. The number of nitrogens with two attached hydrogens (primary N) is 1. The lowest BCUT2D eigenvalue weighted by Gasteiger charge is -2.08. The number of rotatable bonds is 5.